The van der Waals surface area contributed by atoms with Crippen LogP contribution in [-0.2, 0) is 4.74 Å². The van der Waals surface area contributed by atoms with Crippen LogP contribution in [0.4, 0.5) is 14.5 Å². The molecule has 0 heterocycles. The van der Waals surface area contributed by atoms with Crippen LogP contribution in [0.5, 0.6) is 0 Å². The molecule has 1 rings (SSSR count). The molecular formula is C11H14BrF2NO. The Hall–Kier alpha value is -0.680. The topological polar surface area (TPSA) is 12.5 Å². The maximum absolute atomic E-state index is 13.5. The molecule has 0 spiro atoms. The number of benzene rings is 1. The third kappa shape index (κ3) is 2.35. The molecule has 0 fully saturated rings. The summed E-state index contributed by atoms with van der Waals surface area (Å²) in [6.45, 7) is 1.33. The molecule has 0 saturated heterocycles. The summed E-state index contributed by atoms with van der Waals surface area (Å²) in [6, 6.07) is 8.89. The SMILES string of the molecule is COC(C)(N(C)c1ccccc1)C(F)(F)Br. The van der Waals surface area contributed by atoms with Crippen LogP contribution >= 0.6 is 15.9 Å². The van der Waals surface area contributed by atoms with Crippen LogP contribution in [0.15, 0.2) is 30.3 Å². The summed E-state index contributed by atoms with van der Waals surface area (Å²) in [6.07, 6.45) is 0. The summed E-state index contributed by atoms with van der Waals surface area (Å²) in [5.74, 6) is 0. The third-order valence-corrected chi connectivity index (χ3v) is 3.44. The molecule has 0 bridgehead atoms. The summed E-state index contributed by atoms with van der Waals surface area (Å²) in [7, 11) is 2.82. The van der Waals surface area contributed by atoms with E-state index in [1.54, 1.807) is 31.3 Å². The Balaban J connectivity index is 3.08. The van der Waals surface area contributed by atoms with Crippen molar-refractivity contribution in [3.63, 3.8) is 0 Å². The van der Waals surface area contributed by atoms with Gasteiger partial charge in [-0.05, 0) is 35.0 Å². The summed E-state index contributed by atoms with van der Waals surface area (Å²) in [5, 5.41) is 0. The van der Waals surface area contributed by atoms with E-state index >= 15 is 0 Å². The van der Waals surface area contributed by atoms with Crippen LogP contribution in [0.2, 0.25) is 0 Å². The van der Waals surface area contributed by atoms with Crippen molar-refractivity contribution in [3.8, 4) is 0 Å². The third-order valence-electron chi connectivity index (χ3n) is 2.71. The fourth-order valence-corrected chi connectivity index (χ4v) is 1.77. The smallest absolute Gasteiger partial charge is 0.347 e. The number of alkyl halides is 3. The zero-order valence-electron chi connectivity index (χ0n) is 9.38. The minimum atomic E-state index is -3.15. The van der Waals surface area contributed by atoms with Gasteiger partial charge in [0, 0.05) is 19.8 Å². The van der Waals surface area contributed by atoms with E-state index in [1.165, 1.54) is 18.9 Å². The lowest BCUT2D eigenvalue weighted by Gasteiger charge is -2.41. The van der Waals surface area contributed by atoms with Crippen molar-refractivity contribution in [2.45, 2.75) is 17.5 Å². The fraction of sp³-hybridized carbons (Fsp3) is 0.455. The van der Waals surface area contributed by atoms with Gasteiger partial charge in [0.25, 0.3) is 0 Å². The lowest BCUT2D eigenvalue weighted by atomic mass is 10.2. The maximum atomic E-state index is 13.5. The van der Waals surface area contributed by atoms with Gasteiger partial charge >= 0.3 is 4.83 Å². The predicted molar refractivity (Wildman–Crippen MR) is 64.1 cm³/mol. The van der Waals surface area contributed by atoms with Gasteiger partial charge in [-0.15, -0.1) is 0 Å². The molecule has 16 heavy (non-hydrogen) atoms. The van der Waals surface area contributed by atoms with Gasteiger partial charge in [-0.1, -0.05) is 18.2 Å². The van der Waals surface area contributed by atoms with Gasteiger partial charge in [0.05, 0.1) is 0 Å². The van der Waals surface area contributed by atoms with E-state index in [4.69, 9.17) is 4.74 Å². The van der Waals surface area contributed by atoms with Gasteiger partial charge in [0.1, 0.15) is 0 Å². The van der Waals surface area contributed by atoms with E-state index in [-0.39, 0.29) is 0 Å². The van der Waals surface area contributed by atoms with E-state index in [9.17, 15) is 8.78 Å². The van der Waals surface area contributed by atoms with Gasteiger partial charge in [-0.25, -0.2) is 0 Å². The highest BCUT2D eigenvalue weighted by molar-refractivity contribution is 9.10. The Morgan fingerprint density at radius 2 is 1.75 bits per heavy atom. The highest BCUT2D eigenvalue weighted by Crippen LogP contribution is 2.40. The molecule has 0 saturated carbocycles. The number of ether oxygens (including phenoxy) is 1. The molecule has 1 atom stereocenters. The molecule has 90 valence electrons. The van der Waals surface area contributed by atoms with Gasteiger partial charge in [-0.3, -0.25) is 0 Å². The largest absolute Gasteiger partial charge is 0.353 e. The second-order valence-electron chi connectivity index (χ2n) is 3.58. The first-order valence-corrected chi connectivity index (χ1v) is 5.53. The van der Waals surface area contributed by atoms with Crippen molar-refractivity contribution in [2.75, 3.05) is 19.1 Å². The molecule has 0 amide bonds. The highest BCUT2D eigenvalue weighted by atomic mass is 79.9. The standard InChI is InChI=1S/C11H14BrF2NO/c1-10(16-3,11(12,13)14)15(2)9-7-5-4-6-8-9/h4-8H,1-3H3. The molecule has 0 aliphatic carbocycles. The normalized spacial score (nSPS) is 15.6. The van der Waals surface area contributed by atoms with Gasteiger partial charge in [-0.2, -0.15) is 8.78 Å². The summed E-state index contributed by atoms with van der Waals surface area (Å²) in [4.78, 5) is -1.76. The van der Waals surface area contributed by atoms with Gasteiger partial charge in [0.2, 0.25) is 5.72 Å². The van der Waals surface area contributed by atoms with Crippen molar-refractivity contribution in [1.29, 1.82) is 0 Å². The highest BCUT2D eigenvalue weighted by Gasteiger charge is 2.52. The second kappa shape index (κ2) is 4.67. The van der Waals surface area contributed by atoms with Crippen molar-refractivity contribution in [3.05, 3.63) is 30.3 Å². The van der Waals surface area contributed by atoms with Crippen LogP contribution in [0.1, 0.15) is 6.92 Å². The summed E-state index contributed by atoms with van der Waals surface area (Å²) >= 11 is 2.36. The Kier molecular flexibility index (Phi) is 3.91. The van der Waals surface area contributed by atoms with Crippen LogP contribution in [0.25, 0.3) is 0 Å². The van der Waals surface area contributed by atoms with Crippen LogP contribution in [-0.4, -0.2) is 24.7 Å². The number of hydrogen-bond acceptors (Lipinski definition) is 2. The average molecular weight is 294 g/mol. The number of halogens is 3. The molecule has 0 N–H and O–H groups in total. The molecule has 1 unspecified atom stereocenters. The Labute approximate surface area is 102 Å². The van der Waals surface area contributed by atoms with E-state index in [0.29, 0.717) is 5.69 Å². The second-order valence-corrected chi connectivity index (χ2v) is 4.58. The van der Waals surface area contributed by atoms with Gasteiger partial charge in [0.15, 0.2) is 0 Å². The number of methoxy groups -OCH3 is 1. The van der Waals surface area contributed by atoms with Gasteiger partial charge < -0.3 is 9.64 Å². The number of nitrogens with zero attached hydrogens (tertiary/aromatic N) is 1. The zero-order chi connectivity index (χ0) is 12.4. The molecule has 0 radical (unpaired) electrons. The lowest BCUT2D eigenvalue weighted by molar-refractivity contribution is -0.125. The lowest BCUT2D eigenvalue weighted by Crippen LogP contribution is -2.56. The van der Waals surface area contributed by atoms with Crippen molar-refractivity contribution >= 4 is 21.6 Å². The van der Waals surface area contributed by atoms with E-state index < -0.39 is 10.6 Å². The zero-order valence-corrected chi connectivity index (χ0v) is 11.0. The Morgan fingerprint density at radius 1 is 1.25 bits per heavy atom. The van der Waals surface area contributed by atoms with Crippen LogP contribution in [0.3, 0.4) is 0 Å². The number of anilines is 1. The summed E-state index contributed by atoms with van der Waals surface area (Å²) in [5.41, 5.74) is -1.08. The first kappa shape index (κ1) is 13.4. The molecule has 1 aromatic carbocycles. The average Bonchev–Trinajstić information content (AvgIpc) is 2.26. The molecule has 0 aliphatic heterocycles. The van der Waals surface area contributed by atoms with Crippen LogP contribution < -0.4 is 4.90 Å². The summed E-state index contributed by atoms with van der Waals surface area (Å²) < 4.78 is 31.9. The molecule has 1 aromatic rings. The van der Waals surface area contributed by atoms with Crippen molar-refractivity contribution in [1.82, 2.24) is 0 Å². The van der Waals surface area contributed by atoms with Crippen LogP contribution in [0, 0.1) is 0 Å². The molecule has 0 aliphatic rings. The quantitative estimate of drug-likeness (QED) is 0.623. The number of para-hydroxylation sites is 1. The predicted octanol–water partition coefficient (Wildman–Crippen LogP) is 3.47. The number of rotatable bonds is 4. The maximum Gasteiger partial charge on any atom is 0.347 e. The Morgan fingerprint density at radius 3 is 2.12 bits per heavy atom. The monoisotopic (exact) mass is 293 g/mol. The van der Waals surface area contributed by atoms with Crippen molar-refractivity contribution in [2.24, 2.45) is 0 Å². The molecular weight excluding hydrogens is 280 g/mol. The van der Waals surface area contributed by atoms with E-state index in [0.717, 1.165) is 0 Å². The first-order chi connectivity index (χ1) is 7.33. The molecule has 2 nitrogen and oxygen atoms in total. The number of hydrogen-bond donors (Lipinski definition) is 0. The van der Waals surface area contributed by atoms with E-state index in [2.05, 4.69) is 15.9 Å². The minimum absolute atomic E-state index is 0.658. The molecule has 0 aromatic heterocycles. The Bertz CT molecular complexity index is 342. The van der Waals surface area contributed by atoms with Crippen molar-refractivity contribution < 1.29 is 13.5 Å². The van der Waals surface area contributed by atoms with E-state index in [1.807, 2.05) is 6.07 Å². The molecule has 5 heteroatoms. The minimum Gasteiger partial charge on any atom is -0.353 e. The fourth-order valence-electron chi connectivity index (χ4n) is 1.34. The first-order valence-electron chi connectivity index (χ1n) is 4.73.